The van der Waals surface area contributed by atoms with Gasteiger partial charge in [0.25, 0.3) is 0 Å². The maximum absolute atomic E-state index is 11.5. The number of nitrogens with one attached hydrogen (secondary N) is 1. The van der Waals surface area contributed by atoms with E-state index >= 15 is 0 Å². The van der Waals surface area contributed by atoms with Gasteiger partial charge in [-0.1, -0.05) is 65.4 Å². The SMILES string of the molecule is O=C(NCCC#Cc1cc(Cl)c(O)cc1Cl)OCc1ccccc1. The predicted molar refractivity (Wildman–Crippen MR) is 94.3 cm³/mol. The Morgan fingerprint density at radius 1 is 1.17 bits per heavy atom. The van der Waals surface area contributed by atoms with Crippen molar-refractivity contribution >= 4 is 29.3 Å². The molecule has 24 heavy (non-hydrogen) atoms. The van der Waals surface area contributed by atoms with Crippen LogP contribution >= 0.6 is 23.2 Å². The molecule has 0 fully saturated rings. The molecule has 1 amide bonds. The van der Waals surface area contributed by atoms with Crippen LogP contribution in [0.2, 0.25) is 10.0 Å². The van der Waals surface area contributed by atoms with E-state index in [9.17, 15) is 9.90 Å². The molecule has 0 bridgehead atoms. The highest BCUT2D eigenvalue weighted by atomic mass is 35.5. The van der Waals surface area contributed by atoms with Crippen LogP contribution in [-0.2, 0) is 11.3 Å². The van der Waals surface area contributed by atoms with Gasteiger partial charge in [0.1, 0.15) is 12.4 Å². The van der Waals surface area contributed by atoms with Gasteiger partial charge in [-0.25, -0.2) is 4.79 Å². The lowest BCUT2D eigenvalue weighted by Crippen LogP contribution is -2.24. The highest BCUT2D eigenvalue weighted by Crippen LogP contribution is 2.29. The van der Waals surface area contributed by atoms with Crippen molar-refractivity contribution in [3.8, 4) is 17.6 Å². The van der Waals surface area contributed by atoms with Gasteiger partial charge in [0.2, 0.25) is 0 Å². The summed E-state index contributed by atoms with van der Waals surface area (Å²) in [6.45, 7) is 0.573. The summed E-state index contributed by atoms with van der Waals surface area (Å²) in [4.78, 5) is 11.5. The first-order chi connectivity index (χ1) is 11.6. The zero-order valence-electron chi connectivity index (χ0n) is 12.7. The summed E-state index contributed by atoms with van der Waals surface area (Å²) in [5.41, 5.74) is 1.44. The Hall–Kier alpha value is -2.35. The van der Waals surface area contributed by atoms with Crippen molar-refractivity contribution in [2.75, 3.05) is 6.54 Å². The molecule has 0 aromatic heterocycles. The number of amides is 1. The van der Waals surface area contributed by atoms with Gasteiger partial charge in [-0.3, -0.25) is 0 Å². The number of halogens is 2. The van der Waals surface area contributed by atoms with Gasteiger partial charge in [-0.05, 0) is 11.6 Å². The number of carbonyl (C=O) groups is 1. The third kappa shape index (κ3) is 5.69. The van der Waals surface area contributed by atoms with E-state index in [4.69, 9.17) is 27.9 Å². The zero-order chi connectivity index (χ0) is 17.4. The van der Waals surface area contributed by atoms with Gasteiger partial charge in [0.05, 0.1) is 10.0 Å². The lowest BCUT2D eigenvalue weighted by atomic mass is 10.2. The fourth-order valence-electron chi connectivity index (χ4n) is 1.79. The zero-order valence-corrected chi connectivity index (χ0v) is 14.2. The average molecular weight is 364 g/mol. The van der Waals surface area contributed by atoms with Gasteiger partial charge in [-0.2, -0.15) is 0 Å². The van der Waals surface area contributed by atoms with Crippen LogP contribution in [0.4, 0.5) is 4.79 Å². The van der Waals surface area contributed by atoms with Crippen LogP contribution in [0.1, 0.15) is 17.5 Å². The molecule has 2 rings (SSSR count). The Balaban J connectivity index is 1.73. The largest absolute Gasteiger partial charge is 0.506 e. The number of benzene rings is 2. The summed E-state index contributed by atoms with van der Waals surface area (Å²) in [7, 11) is 0. The Morgan fingerprint density at radius 3 is 2.67 bits per heavy atom. The third-order valence-electron chi connectivity index (χ3n) is 2.99. The predicted octanol–water partition coefficient (Wildman–Crippen LogP) is 4.37. The molecule has 6 heteroatoms. The highest BCUT2D eigenvalue weighted by Gasteiger charge is 2.04. The van der Waals surface area contributed by atoms with Crippen molar-refractivity contribution in [1.82, 2.24) is 5.32 Å². The minimum atomic E-state index is -0.494. The van der Waals surface area contributed by atoms with Gasteiger partial charge in [0.15, 0.2) is 0 Å². The van der Waals surface area contributed by atoms with Gasteiger partial charge in [-0.15, -0.1) is 0 Å². The normalized spacial score (nSPS) is 9.75. The van der Waals surface area contributed by atoms with Crippen LogP contribution in [0.25, 0.3) is 0 Å². The minimum Gasteiger partial charge on any atom is -0.506 e. The van der Waals surface area contributed by atoms with Crippen LogP contribution < -0.4 is 5.32 Å². The molecule has 0 saturated heterocycles. The number of hydrogen-bond acceptors (Lipinski definition) is 3. The maximum Gasteiger partial charge on any atom is 0.407 e. The Labute approximate surface area is 150 Å². The van der Waals surface area contributed by atoms with Crippen LogP contribution in [0.5, 0.6) is 5.75 Å². The summed E-state index contributed by atoms with van der Waals surface area (Å²) in [6.07, 6.45) is -0.0683. The summed E-state index contributed by atoms with van der Waals surface area (Å²) < 4.78 is 5.08. The number of rotatable bonds is 4. The summed E-state index contributed by atoms with van der Waals surface area (Å²) >= 11 is 11.8. The van der Waals surface area contributed by atoms with E-state index in [1.165, 1.54) is 12.1 Å². The minimum absolute atomic E-state index is 0.0879. The lowest BCUT2D eigenvalue weighted by molar-refractivity contribution is 0.140. The van der Waals surface area contributed by atoms with Crippen molar-refractivity contribution in [2.45, 2.75) is 13.0 Å². The molecule has 2 N–H and O–H groups in total. The first kappa shape index (κ1) is 18.0. The standard InChI is InChI=1S/C18H15Cl2NO3/c19-15-11-17(22)16(20)10-14(15)8-4-5-9-21-18(23)24-12-13-6-2-1-3-7-13/h1-3,6-7,10-11,22H,5,9,12H2,(H,21,23). The monoisotopic (exact) mass is 363 g/mol. The Morgan fingerprint density at radius 2 is 1.92 bits per heavy atom. The number of phenolic OH excluding ortho intramolecular Hbond substituents is 1. The van der Waals surface area contributed by atoms with E-state index in [0.29, 0.717) is 23.6 Å². The van der Waals surface area contributed by atoms with Crippen molar-refractivity contribution in [3.05, 3.63) is 63.6 Å². The molecule has 0 spiro atoms. The molecule has 124 valence electrons. The molecule has 0 aliphatic carbocycles. The Kier molecular flexibility index (Phi) is 6.80. The van der Waals surface area contributed by atoms with Crippen LogP contribution in [0, 0.1) is 11.8 Å². The topological polar surface area (TPSA) is 58.6 Å². The summed E-state index contributed by atoms with van der Waals surface area (Å²) in [6, 6.07) is 12.3. The van der Waals surface area contributed by atoms with Crippen molar-refractivity contribution in [2.24, 2.45) is 0 Å². The molecule has 0 atom stereocenters. The number of hydrogen-bond donors (Lipinski definition) is 2. The Bertz CT molecular complexity index is 767. The number of alkyl carbamates (subject to hydrolysis) is 1. The fraction of sp³-hybridized carbons (Fsp3) is 0.167. The van der Waals surface area contributed by atoms with Crippen LogP contribution in [0.15, 0.2) is 42.5 Å². The highest BCUT2D eigenvalue weighted by molar-refractivity contribution is 6.35. The number of carbonyl (C=O) groups excluding carboxylic acids is 1. The second-order valence-electron chi connectivity index (χ2n) is 4.82. The second-order valence-corrected chi connectivity index (χ2v) is 5.64. The first-order valence-corrected chi connectivity index (χ1v) is 7.93. The van der Waals surface area contributed by atoms with Gasteiger partial charge < -0.3 is 15.2 Å². The molecule has 4 nitrogen and oxygen atoms in total. The molecule has 0 heterocycles. The average Bonchev–Trinajstić information content (AvgIpc) is 2.58. The van der Waals surface area contributed by atoms with Crippen LogP contribution in [-0.4, -0.2) is 17.7 Å². The van der Waals surface area contributed by atoms with Gasteiger partial charge >= 0.3 is 6.09 Å². The molecule has 0 radical (unpaired) electrons. The van der Waals surface area contributed by atoms with E-state index in [1.807, 2.05) is 30.3 Å². The molecule has 2 aromatic rings. The van der Waals surface area contributed by atoms with Crippen LogP contribution in [0.3, 0.4) is 0 Å². The number of aromatic hydroxyl groups is 1. The van der Waals surface area contributed by atoms with Crippen molar-refractivity contribution < 1.29 is 14.6 Å². The molecule has 0 aliphatic rings. The van der Waals surface area contributed by atoms with Crippen molar-refractivity contribution in [3.63, 3.8) is 0 Å². The second kappa shape index (κ2) is 9.07. The smallest absolute Gasteiger partial charge is 0.407 e. The van der Waals surface area contributed by atoms with Gasteiger partial charge in [0, 0.05) is 24.6 Å². The van der Waals surface area contributed by atoms with E-state index in [0.717, 1.165) is 5.56 Å². The molecule has 0 aliphatic heterocycles. The quantitative estimate of drug-likeness (QED) is 0.626. The molecule has 0 saturated carbocycles. The van der Waals surface area contributed by atoms with E-state index in [1.54, 1.807) is 0 Å². The first-order valence-electron chi connectivity index (χ1n) is 7.17. The van der Waals surface area contributed by atoms with E-state index in [2.05, 4.69) is 17.2 Å². The lowest BCUT2D eigenvalue weighted by Gasteiger charge is -2.05. The fourth-order valence-corrected chi connectivity index (χ4v) is 2.16. The summed E-state index contributed by atoms with van der Waals surface area (Å²) in [5, 5.41) is 12.5. The third-order valence-corrected chi connectivity index (χ3v) is 3.61. The molecule has 2 aromatic carbocycles. The number of ether oxygens (including phenoxy) is 1. The summed E-state index contributed by atoms with van der Waals surface area (Å²) in [5.74, 6) is 5.63. The molecular weight excluding hydrogens is 349 g/mol. The molecular formula is C18H15Cl2NO3. The van der Waals surface area contributed by atoms with E-state index in [-0.39, 0.29) is 17.4 Å². The van der Waals surface area contributed by atoms with E-state index < -0.39 is 6.09 Å². The maximum atomic E-state index is 11.5. The molecule has 0 unspecified atom stereocenters. The number of phenols is 1. The van der Waals surface area contributed by atoms with Crippen molar-refractivity contribution in [1.29, 1.82) is 0 Å².